The number of para-hydroxylation sites is 1. The average molecular weight is 498 g/mol. The highest BCUT2D eigenvalue weighted by Gasteiger charge is 2.16. The molecule has 0 aliphatic carbocycles. The first-order valence-corrected chi connectivity index (χ1v) is 11.6. The Hall–Kier alpha value is -2.75. The van der Waals surface area contributed by atoms with E-state index in [0.29, 0.717) is 5.16 Å². The van der Waals surface area contributed by atoms with Crippen molar-refractivity contribution in [2.45, 2.75) is 5.16 Å². The van der Waals surface area contributed by atoms with Crippen LogP contribution in [0.25, 0.3) is 17.1 Å². The van der Waals surface area contributed by atoms with E-state index in [1.165, 1.54) is 23.1 Å². The number of hydrogen-bond donors (Lipinski definition) is 1. The lowest BCUT2D eigenvalue weighted by Gasteiger charge is -2.10. The normalized spacial score (nSPS) is 11.1. The SMILES string of the molecule is O=C(CSc1nnc(-c2ccccc2)n1-c1ccccc1)NN=Cc1ccc(Br)s1. The second kappa shape index (κ2) is 9.84. The summed E-state index contributed by atoms with van der Waals surface area (Å²) < 4.78 is 2.97. The lowest BCUT2D eigenvalue weighted by molar-refractivity contribution is -0.118. The second-order valence-corrected chi connectivity index (χ2v) is 9.50. The number of nitrogens with one attached hydrogen (secondary N) is 1. The third-order valence-electron chi connectivity index (χ3n) is 3.99. The molecule has 9 heteroatoms. The van der Waals surface area contributed by atoms with Crippen LogP contribution in [0.1, 0.15) is 4.88 Å². The van der Waals surface area contributed by atoms with Gasteiger partial charge < -0.3 is 0 Å². The van der Waals surface area contributed by atoms with Gasteiger partial charge in [0.05, 0.1) is 15.8 Å². The molecule has 6 nitrogen and oxygen atoms in total. The van der Waals surface area contributed by atoms with Crippen molar-refractivity contribution in [3.8, 4) is 17.1 Å². The molecule has 4 aromatic rings. The summed E-state index contributed by atoms with van der Waals surface area (Å²) in [6, 6.07) is 23.6. The molecule has 0 fully saturated rings. The Kier molecular flexibility index (Phi) is 6.73. The van der Waals surface area contributed by atoms with Crippen molar-refractivity contribution in [1.82, 2.24) is 20.2 Å². The maximum absolute atomic E-state index is 12.2. The number of rotatable bonds is 7. The molecular weight excluding hydrogens is 482 g/mol. The lowest BCUT2D eigenvalue weighted by Crippen LogP contribution is -2.19. The Morgan fingerprint density at radius 2 is 1.80 bits per heavy atom. The molecule has 0 radical (unpaired) electrons. The van der Waals surface area contributed by atoms with Crippen molar-refractivity contribution in [2.75, 3.05) is 5.75 Å². The van der Waals surface area contributed by atoms with Gasteiger partial charge in [0.1, 0.15) is 0 Å². The van der Waals surface area contributed by atoms with Crippen LogP contribution in [0.15, 0.2) is 86.8 Å². The molecular formula is C21H16BrN5OS2. The monoisotopic (exact) mass is 497 g/mol. The number of hydrogen-bond acceptors (Lipinski definition) is 6. The van der Waals surface area contributed by atoms with Crippen LogP contribution in [-0.2, 0) is 4.79 Å². The Balaban J connectivity index is 1.49. The van der Waals surface area contributed by atoms with E-state index in [9.17, 15) is 4.79 Å². The van der Waals surface area contributed by atoms with Gasteiger partial charge in [-0.1, -0.05) is 60.3 Å². The van der Waals surface area contributed by atoms with Gasteiger partial charge in [-0.25, -0.2) is 5.43 Å². The quantitative estimate of drug-likeness (QED) is 0.221. The van der Waals surface area contributed by atoms with Crippen molar-refractivity contribution >= 4 is 51.2 Å². The van der Waals surface area contributed by atoms with E-state index < -0.39 is 0 Å². The zero-order valence-electron chi connectivity index (χ0n) is 15.6. The number of thioether (sulfide) groups is 1. The van der Waals surface area contributed by atoms with E-state index in [4.69, 9.17) is 0 Å². The number of carbonyl (C=O) groups excluding carboxylic acids is 1. The van der Waals surface area contributed by atoms with Crippen LogP contribution < -0.4 is 5.43 Å². The topological polar surface area (TPSA) is 72.2 Å². The molecule has 4 rings (SSSR count). The first-order valence-electron chi connectivity index (χ1n) is 8.97. The summed E-state index contributed by atoms with van der Waals surface area (Å²) in [7, 11) is 0. The fourth-order valence-electron chi connectivity index (χ4n) is 2.68. The standard InChI is InChI=1S/C21H16BrN5OS2/c22-18-12-11-17(30-18)13-23-24-19(28)14-29-21-26-25-20(15-7-3-1-4-8-15)27(21)16-9-5-2-6-10-16/h1-13H,14H2,(H,24,28). The van der Waals surface area contributed by atoms with Crippen molar-refractivity contribution in [3.05, 3.63) is 81.5 Å². The van der Waals surface area contributed by atoms with Crippen LogP contribution in [-0.4, -0.2) is 32.6 Å². The molecule has 0 atom stereocenters. The van der Waals surface area contributed by atoms with E-state index in [0.717, 1.165) is 25.7 Å². The molecule has 0 bridgehead atoms. The molecule has 0 saturated carbocycles. The van der Waals surface area contributed by atoms with Gasteiger partial charge in [0.2, 0.25) is 0 Å². The Bertz CT molecular complexity index is 1160. The summed E-state index contributed by atoms with van der Waals surface area (Å²) in [6.07, 6.45) is 1.62. The number of benzene rings is 2. The van der Waals surface area contributed by atoms with Gasteiger partial charge in [-0.05, 0) is 40.2 Å². The van der Waals surface area contributed by atoms with E-state index in [1.54, 1.807) is 6.21 Å². The van der Waals surface area contributed by atoms with Crippen LogP contribution in [0.5, 0.6) is 0 Å². The summed E-state index contributed by atoms with van der Waals surface area (Å²) in [4.78, 5) is 13.2. The molecule has 0 spiro atoms. The van der Waals surface area contributed by atoms with E-state index in [-0.39, 0.29) is 11.7 Å². The lowest BCUT2D eigenvalue weighted by atomic mass is 10.2. The highest BCUT2D eigenvalue weighted by atomic mass is 79.9. The van der Waals surface area contributed by atoms with Gasteiger partial charge in [0, 0.05) is 16.1 Å². The molecule has 0 aliphatic rings. The van der Waals surface area contributed by atoms with Gasteiger partial charge in [0.25, 0.3) is 5.91 Å². The first kappa shape index (κ1) is 20.5. The van der Waals surface area contributed by atoms with Crippen LogP contribution in [0.4, 0.5) is 0 Å². The maximum Gasteiger partial charge on any atom is 0.250 e. The third-order valence-corrected chi connectivity index (χ3v) is 6.47. The Labute approximate surface area is 190 Å². The van der Waals surface area contributed by atoms with Crippen LogP contribution in [0, 0.1) is 0 Å². The molecule has 1 amide bonds. The van der Waals surface area contributed by atoms with Crippen molar-refractivity contribution < 1.29 is 4.79 Å². The number of carbonyl (C=O) groups is 1. The molecule has 30 heavy (non-hydrogen) atoms. The minimum absolute atomic E-state index is 0.172. The summed E-state index contributed by atoms with van der Waals surface area (Å²) >= 11 is 6.25. The van der Waals surface area contributed by atoms with Gasteiger partial charge in [-0.2, -0.15) is 5.10 Å². The fraction of sp³-hybridized carbons (Fsp3) is 0.0476. The smallest absolute Gasteiger partial charge is 0.250 e. The molecule has 2 aromatic carbocycles. The largest absolute Gasteiger partial charge is 0.272 e. The van der Waals surface area contributed by atoms with Gasteiger partial charge in [-0.3, -0.25) is 9.36 Å². The van der Waals surface area contributed by atoms with Gasteiger partial charge in [0.15, 0.2) is 11.0 Å². The predicted octanol–water partition coefficient (Wildman–Crippen LogP) is 5.00. The molecule has 150 valence electrons. The van der Waals surface area contributed by atoms with Crippen molar-refractivity contribution in [3.63, 3.8) is 0 Å². The summed E-state index contributed by atoms with van der Waals surface area (Å²) in [6.45, 7) is 0. The zero-order chi connectivity index (χ0) is 20.8. The van der Waals surface area contributed by atoms with Crippen molar-refractivity contribution in [2.24, 2.45) is 5.10 Å². The molecule has 1 N–H and O–H groups in total. The maximum atomic E-state index is 12.2. The first-order chi connectivity index (χ1) is 14.7. The third kappa shape index (κ3) is 5.05. The predicted molar refractivity (Wildman–Crippen MR) is 125 cm³/mol. The Morgan fingerprint density at radius 3 is 2.50 bits per heavy atom. The highest BCUT2D eigenvalue weighted by Crippen LogP contribution is 2.27. The average Bonchev–Trinajstić information content (AvgIpc) is 3.39. The molecule has 2 aromatic heterocycles. The van der Waals surface area contributed by atoms with E-state index in [2.05, 4.69) is 36.7 Å². The zero-order valence-corrected chi connectivity index (χ0v) is 18.8. The van der Waals surface area contributed by atoms with Crippen LogP contribution >= 0.6 is 39.0 Å². The number of aromatic nitrogens is 3. The van der Waals surface area contributed by atoms with Gasteiger partial charge in [-0.15, -0.1) is 21.5 Å². The van der Waals surface area contributed by atoms with Crippen molar-refractivity contribution in [1.29, 1.82) is 0 Å². The minimum Gasteiger partial charge on any atom is -0.272 e. The van der Waals surface area contributed by atoms with Crippen LogP contribution in [0.2, 0.25) is 0 Å². The number of hydrazone groups is 1. The van der Waals surface area contributed by atoms with E-state index >= 15 is 0 Å². The Morgan fingerprint density at radius 1 is 1.07 bits per heavy atom. The molecule has 0 aliphatic heterocycles. The highest BCUT2D eigenvalue weighted by molar-refractivity contribution is 9.11. The number of amides is 1. The molecule has 2 heterocycles. The fourth-order valence-corrected chi connectivity index (χ4v) is 4.72. The summed E-state index contributed by atoms with van der Waals surface area (Å²) in [5.74, 6) is 0.687. The second-order valence-electron chi connectivity index (χ2n) is 6.07. The summed E-state index contributed by atoms with van der Waals surface area (Å²) in [5, 5.41) is 13.3. The molecule has 0 unspecified atom stereocenters. The number of halogens is 1. The van der Waals surface area contributed by atoms with Gasteiger partial charge >= 0.3 is 0 Å². The number of thiophene rings is 1. The summed E-state index contributed by atoms with van der Waals surface area (Å²) in [5.41, 5.74) is 4.44. The van der Waals surface area contributed by atoms with E-state index in [1.807, 2.05) is 77.4 Å². The minimum atomic E-state index is -0.212. The molecule has 0 saturated heterocycles. The van der Waals surface area contributed by atoms with Crippen LogP contribution in [0.3, 0.4) is 0 Å². The number of nitrogens with zero attached hydrogens (tertiary/aromatic N) is 4.